The molecule has 0 aliphatic heterocycles. The smallest absolute Gasteiger partial charge is 0.308 e. The molecular formula is C31H62O2. The van der Waals surface area contributed by atoms with Crippen molar-refractivity contribution in [3.8, 4) is 0 Å². The molecular weight excluding hydrogens is 404 g/mol. The molecule has 0 heterocycles. The van der Waals surface area contributed by atoms with Crippen molar-refractivity contribution < 1.29 is 9.53 Å². The van der Waals surface area contributed by atoms with Gasteiger partial charge in [0.05, 0.1) is 12.5 Å². The van der Waals surface area contributed by atoms with Crippen LogP contribution >= 0.6 is 0 Å². The highest BCUT2D eigenvalue weighted by atomic mass is 16.5. The van der Waals surface area contributed by atoms with Crippen LogP contribution in [0.3, 0.4) is 0 Å². The first kappa shape index (κ1) is 32.5. The monoisotopic (exact) mass is 466 g/mol. The second kappa shape index (κ2) is 26.1. The third-order valence-electron chi connectivity index (χ3n) is 7.29. The van der Waals surface area contributed by atoms with Gasteiger partial charge in [-0.3, -0.25) is 4.79 Å². The van der Waals surface area contributed by atoms with Gasteiger partial charge in [0.1, 0.15) is 0 Å². The van der Waals surface area contributed by atoms with Gasteiger partial charge in [-0.2, -0.15) is 0 Å². The highest BCUT2D eigenvalue weighted by Gasteiger charge is 2.17. The minimum atomic E-state index is 0.0423. The molecule has 0 N–H and O–H groups in total. The van der Waals surface area contributed by atoms with Gasteiger partial charge in [-0.05, 0) is 25.2 Å². The largest absolute Gasteiger partial charge is 0.465 e. The van der Waals surface area contributed by atoms with Crippen molar-refractivity contribution >= 4 is 5.97 Å². The molecule has 0 aromatic carbocycles. The number of ether oxygens (including phenoxy) is 1. The van der Waals surface area contributed by atoms with E-state index in [9.17, 15) is 4.79 Å². The Bertz CT molecular complexity index is 382. The Hall–Kier alpha value is -0.530. The summed E-state index contributed by atoms with van der Waals surface area (Å²) in [6, 6.07) is 0. The summed E-state index contributed by atoms with van der Waals surface area (Å²) in [6.07, 6.45) is 30.4. The zero-order chi connectivity index (χ0) is 24.4. The van der Waals surface area contributed by atoms with Gasteiger partial charge in [-0.15, -0.1) is 0 Å². The Morgan fingerprint density at radius 1 is 0.515 bits per heavy atom. The average molecular weight is 467 g/mol. The fraction of sp³-hybridized carbons (Fsp3) is 0.968. The molecule has 0 amide bonds. The summed E-state index contributed by atoms with van der Waals surface area (Å²) in [5.41, 5.74) is 0. The molecule has 2 heteroatoms. The number of carbonyl (C=O) groups is 1. The maximum absolute atomic E-state index is 12.5. The molecule has 1 unspecified atom stereocenters. The van der Waals surface area contributed by atoms with E-state index in [2.05, 4.69) is 27.7 Å². The average Bonchev–Trinajstić information content (AvgIpc) is 2.82. The van der Waals surface area contributed by atoms with Gasteiger partial charge in [0.25, 0.3) is 0 Å². The van der Waals surface area contributed by atoms with Crippen LogP contribution in [-0.2, 0) is 9.53 Å². The summed E-state index contributed by atoms with van der Waals surface area (Å²) in [5.74, 6) is 0.676. The molecule has 1 atom stereocenters. The molecule has 0 saturated heterocycles. The van der Waals surface area contributed by atoms with E-state index < -0.39 is 0 Å². The molecule has 2 nitrogen and oxygen atoms in total. The van der Waals surface area contributed by atoms with Gasteiger partial charge in [-0.25, -0.2) is 0 Å². The van der Waals surface area contributed by atoms with E-state index in [1.165, 1.54) is 141 Å². The maximum atomic E-state index is 12.5. The second-order valence-corrected chi connectivity index (χ2v) is 10.8. The van der Waals surface area contributed by atoms with Gasteiger partial charge in [0.2, 0.25) is 0 Å². The number of esters is 1. The lowest BCUT2D eigenvalue weighted by Gasteiger charge is -2.18. The molecule has 0 rings (SSSR count). The first-order chi connectivity index (χ1) is 16.2. The number of carbonyl (C=O) groups excluding carboxylic acids is 1. The topological polar surface area (TPSA) is 26.3 Å². The van der Waals surface area contributed by atoms with Crippen LogP contribution in [0.4, 0.5) is 0 Å². The van der Waals surface area contributed by atoms with Crippen molar-refractivity contribution in [3.05, 3.63) is 0 Å². The summed E-state index contributed by atoms with van der Waals surface area (Å²) in [6.45, 7) is 9.51. The van der Waals surface area contributed by atoms with Crippen LogP contribution < -0.4 is 0 Å². The molecule has 198 valence electrons. The van der Waals surface area contributed by atoms with Crippen LogP contribution in [0.25, 0.3) is 0 Å². The molecule has 0 spiro atoms. The summed E-state index contributed by atoms with van der Waals surface area (Å²) in [4.78, 5) is 12.5. The van der Waals surface area contributed by atoms with Gasteiger partial charge < -0.3 is 4.74 Å². The Balaban J connectivity index is 3.66. The Labute approximate surface area is 209 Å². The van der Waals surface area contributed by atoms with Crippen molar-refractivity contribution in [2.75, 3.05) is 6.61 Å². The van der Waals surface area contributed by atoms with E-state index in [1.54, 1.807) is 0 Å². The lowest BCUT2D eigenvalue weighted by atomic mass is 9.95. The van der Waals surface area contributed by atoms with Crippen LogP contribution in [0, 0.1) is 11.8 Å². The van der Waals surface area contributed by atoms with E-state index in [0.29, 0.717) is 12.5 Å². The molecule has 0 bridgehead atoms. The number of rotatable bonds is 26. The summed E-state index contributed by atoms with van der Waals surface area (Å²) >= 11 is 0. The van der Waals surface area contributed by atoms with Crippen molar-refractivity contribution in [3.63, 3.8) is 0 Å². The van der Waals surface area contributed by atoms with Crippen molar-refractivity contribution in [2.45, 2.75) is 175 Å². The summed E-state index contributed by atoms with van der Waals surface area (Å²) < 4.78 is 5.76. The highest BCUT2D eigenvalue weighted by molar-refractivity contribution is 5.71. The molecule has 0 aromatic rings. The fourth-order valence-electron chi connectivity index (χ4n) is 4.78. The Morgan fingerprint density at radius 2 is 0.848 bits per heavy atom. The first-order valence-corrected chi connectivity index (χ1v) is 15.3. The third kappa shape index (κ3) is 23.0. The minimum Gasteiger partial charge on any atom is -0.465 e. The normalized spacial score (nSPS) is 12.4. The predicted molar refractivity (Wildman–Crippen MR) is 147 cm³/mol. The molecule has 0 aromatic heterocycles. The number of hydrogen-bond acceptors (Lipinski definition) is 2. The van der Waals surface area contributed by atoms with Crippen molar-refractivity contribution in [1.29, 1.82) is 0 Å². The maximum Gasteiger partial charge on any atom is 0.308 e. The van der Waals surface area contributed by atoms with Crippen LogP contribution in [0.1, 0.15) is 175 Å². The third-order valence-corrected chi connectivity index (χ3v) is 7.29. The number of unbranched alkanes of at least 4 members (excludes halogenated alkanes) is 17. The zero-order valence-electron chi connectivity index (χ0n) is 23.4. The van der Waals surface area contributed by atoms with Crippen LogP contribution in [0.5, 0.6) is 0 Å². The Morgan fingerprint density at radius 3 is 1.27 bits per heavy atom. The predicted octanol–water partition coefficient (Wildman–Crippen LogP) is 10.8. The standard InChI is InChI=1S/C31H62O2/c1-5-8-11-12-13-14-15-16-17-18-19-20-21-24-25-29(4)31(32)33-28-30(26-22-9-6-2)27-23-10-7-3/h29-30H,5-28H2,1-4H3. The SMILES string of the molecule is CCCCCCCCCCCCCCCCC(C)C(=O)OCC(CCCCC)CCCCC. The van der Waals surface area contributed by atoms with Gasteiger partial charge in [0, 0.05) is 0 Å². The highest BCUT2D eigenvalue weighted by Crippen LogP contribution is 2.20. The van der Waals surface area contributed by atoms with Crippen LogP contribution in [0.15, 0.2) is 0 Å². The van der Waals surface area contributed by atoms with Gasteiger partial charge in [0.15, 0.2) is 0 Å². The van der Waals surface area contributed by atoms with Crippen LogP contribution in [0.2, 0.25) is 0 Å². The van der Waals surface area contributed by atoms with Gasteiger partial charge in [-0.1, -0.05) is 156 Å². The summed E-state index contributed by atoms with van der Waals surface area (Å²) in [7, 11) is 0. The molecule has 0 fully saturated rings. The quantitative estimate of drug-likeness (QED) is 0.0935. The van der Waals surface area contributed by atoms with Crippen LogP contribution in [-0.4, -0.2) is 12.6 Å². The second-order valence-electron chi connectivity index (χ2n) is 10.8. The summed E-state index contributed by atoms with van der Waals surface area (Å²) in [5, 5.41) is 0. The number of hydrogen-bond donors (Lipinski definition) is 0. The Kier molecular flexibility index (Phi) is 25.7. The van der Waals surface area contributed by atoms with Crippen molar-refractivity contribution in [2.24, 2.45) is 11.8 Å². The van der Waals surface area contributed by atoms with E-state index in [1.807, 2.05) is 0 Å². The molecule has 0 aliphatic rings. The van der Waals surface area contributed by atoms with E-state index in [-0.39, 0.29) is 11.9 Å². The first-order valence-electron chi connectivity index (χ1n) is 15.3. The van der Waals surface area contributed by atoms with E-state index in [0.717, 1.165) is 6.42 Å². The molecule has 0 saturated carbocycles. The lowest BCUT2D eigenvalue weighted by Crippen LogP contribution is -2.19. The molecule has 33 heavy (non-hydrogen) atoms. The molecule has 0 radical (unpaired) electrons. The van der Waals surface area contributed by atoms with Crippen molar-refractivity contribution in [1.82, 2.24) is 0 Å². The minimum absolute atomic E-state index is 0.0423. The lowest BCUT2D eigenvalue weighted by molar-refractivity contribution is -0.149. The molecule has 0 aliphatic carbocycles. The van der Waals surface area contributed by atoms with E-state index >= 15 is 0 Å². The van der Waals surface area contributed by atoms with E-state index in [4.69, 9.17) is 4.74 Å². The van der Waals surface area contributed by atoms with Gasteiger partial charge >= 0.3 is 5.97 Å². The fourth-order valence-corrected chi connectivity index (χ4v) is 4.78. The zero-order valence-corrected chi connectivity index (χ0v) is 23.4.